The number of piperazine rings is 1. The molecule has 0 atom stereocenters. The molecule has 1 amide bonds. The van der Waals surface area contributed by atoms with Gasteiger partial charge >= 0.3 is 0 Å². The van der Waals surface area contributed by atoms with Gasteiger partial charge in [0.1, 0.15) is 5.75 Å². The van der Waals surface area contributed by atoms with Gasteiger partial charge in [-0.3, -0.25) is 4.79 Å². The van der Waals surface area contributed by atoms with E-state index in [9.17, 15) is 4.79 Å². The SMILES string of the molecule is COc1cc(N)c(Cl)cc1C(=O)N1CCN(c2cccs2)CC1. The van der Waals surface area contributed by atoms with Crippen molar-refractivity contribution in [3.63, 3.8) is 0 Å². The summed E-state index contributed by atoms with van der Waals surface area (Å²) in [5.74, 6) is 0.382. The maximum absolute atomic E-state index is 12.8. The Balaban J connectivity index is 1.74. The Morgan fingerprint density at radius 2 is 2.04 bits per heavy atom. The number of hydrogen-bond acceptors (Lipinski definition) is 5. The van der Waals surface area contributed by atoms with Crippen molar-refractivity contribution in [1.82, 2.24) is 4.90 Å². The van der Waals surface area contributed by atoms with E-state index in [1.165, 1.54) is 12.1 Å². The second-order valence-electron chi connectivity index (χ2n) is 5.30. The molecule has 2 heterocycles. The van der Waals surface area contributed by atoms with Crippen LogP contribution in [0.5, 0.6) is 5.75 Å². The number of amides is 1. The largest absolute Gasteiger partial charge is 0.496 e. The van der Waals surface area contributed by atoms with Crippen molar-refractivity contribution in [3.8, 4) is 5.75 Å². The van der Waals surface area contributed by atoms with E-state index >= 15 is 0 Å². The van der Waals surface area contributed by atoms with Gasteiger partial charge in [0.2, 0.25) is 0 Å². The van der Waals surface area contributed by atoms with Gasteiger partial charge in [-0.1, -0.05) is 11.6 Å². The fourth-order valence-electron chi connectivity index (χ4n) is 2.66. The number of halogens is 1. The average Bonchev–Trinajstić information content (AvgIpc) is 3.11. The lowest BCUT2D eigenvalue weighted by Crippen LogP contribution is -2.48. The van der Waals surface area contributed by atoms with Crippen LogP contribution >= 0.6 is 22.9 Å². The molecule has 2 N–H and O–H groups in total. The normalized spacial score (nSPS) is 14.9. The molecular formula is C16H18ClN3O2S. The number of hydrogen-bond donors (Lipinski definition) is 1. The zero-order valence-electron chi connectivity index (χ0n) is 12.8. The monoisotopic (exact) mass is 351 g/mol. The lowest BCUT2D eigenvalue weighted by molar-refractivity contribution is 0.0743. The fourth-order valence-corrected chi connectivity index (χ4v) is 3.60. The molecule has 1 aromatic carbocycles. The van der Waals surface area contributed by atoms with Crippen molar-refractivity contribution in [1.29, 1.82) is 0 Å². The number of benzene rings is 1. The van der Waals surface area contributed by atoms with Gasteiger partial charge in [-0.25, -0.2) is 0 Å². The highest BCUT2D eigenvalue weighted by molar-refractivity contribution is 7.14. The molecule has 2 aromatic rings. The first-order chi connectivity index (χ1) is 11.1. The molecule has 1 saturated heterocycles. The number of carbonyl (C=O) groups excluding carboxylic acids is 1. The van der Waals surface area contributed by atoms with Crippen LogP contribution in [0.25, 0.3) is 0 Å². The Morgan fingerprint density at radius 1 is 1.30 bits per heavy atom. The molecule has 0 unspecified atom stereocenters. The third-order valence-electron chi connectivity index (χ3n) is 3.93. The Bertz CT molecular complexity index is 698. The first-order valence-corrected chi connectivity index (χ1v) is 8.56. The Morgan fingerprint density at radius 3 is 2.65 bits per heavy atom. The van der Waals surface area contributed by atoms with Crippen LogP contribution in [0.1, 0.15) is 10.4 Å². The van der Waals surface area contributed by atoms with Gasteiger partial charge in [0.05, 0.1) is 28.4 Å². The van der Waals surface area contributed by atoms with Gasteiger partial charge in [-0.15, -0.1) is 11.3 Å². The smallest absolute Gasteiger partial charge is 0.257 e. The predicted molar refractivity (Wildman–Crippen MR) is 94.9 cm³/mol. The summed E-state index contributed by atoms with van der Waals surface area (Å²) in [6.45, 7) is 2.97. The molecule has 0 aliphatic carbocycles. The van der Waals surface area contributed by atoms with Crippen LogP contribution < -0.4 is 15.4 Å². The van der Waals surface area contributed by atoms with Crippen molar-refractivity contribution < 1.29 is 9.53 Å². The number of carbonyl (C=O) groups is 1. The average molecular weight is 352 g/mol. The lowest BCUT2D eigenvalue weighted by atomic mass is 10.1. The van der Waals surface area contributed by atoms with E-state index in [1.807, 2.05) is 11.0 Å². The molecule has 1 aliphatic rings. The molecule has 0 saturated carbocycles. The summed E-state index contributed by atoms with van der Waals surface area (Å²) in [7, 11) is 1.52. The van der Waals surface area contributed by atoms with Gasteiger partial charge in [0.15, 0.2) is 0 Å². The first-order valence-electron chi connectivity index (χ1n) is 7.31. The molecule has 23 heavy (non-hydrogen) atoms. The van der Waals surface area contributed by atoms with Gasteiger partial charge in [-0.2, -0.15) is 0 Å². The fraction of sp³-hybridized carbons (Fsp3) is 0.312. The number of nitrogens with two attached hydrogens (primary N) is 1. The minimum absolute atomic E-state index is 0.0745. The third kappa shape index (κ3) is 3.23. The van der Waals surface area contributed by atoms with Crippen LogP contribution in [0, 0.1) is 0 Å². The van der Waals surface area contributed by atoms with E-state index in [2.05, 4.69) is 16.3 Å². The van der Waals surface area contributed by atoms with Crippen LogP contribution in [0.3, 0.4) is 0 Å². The minimum Gasteiger partial charge on any atom is -0.496 e. The molecule has 3 rings (SSSR count). The molecule has 0 radical (unpaired) electrons. The Hall–Kier alpha value is -1.92. The van der Waals surface area contributed by atoms with Gasteiger partial charge in [0, 0.05) is 32.2 Å². The van der Waals surface area contributed by atoms with E-state index in [0.717, 1.165) is 13.1 Å². The predicted octanol–water partition coefficient (Wildman–Crippen LogP) is 2.95. The van der Waals surface area contributed by atoms with Crippen LogP contribution in [-0.2, 0) is 0 Å². The molecule has 1 aliphatic heterocycles. The molecule has 122 valence electrons. The molecule has 5 nitrogen and oxygen atoms in total. The van der Waals surface area contributed by atoms with Crippen molar-refractivity contribution in [3.05, 3.63) is 40.2 Å². The lowest BCUT2D eigenvalue weighted by Gasteiger charge is -2.35. The number of anilines is 2. The number of nitrogens with zero attached hydrogens (tertiary/aromatic N) is 2. The summed E-state index contributed by atoms with van der Waals surface area (Å²) in [5, 5.41) is 3.67. The maximum Gasteiger partial charge on any atom is 0.257 e. The molecule has 0 spiro atoms. The summed E-state index contributed by atoms with van der Waals surface area (Å²) < 4.78 is 5.28. The van der Waals surface area contributed by atoms with Gasteiger partial charge < -0.3 is 20.3 Å². The number of methoxy groups -OCH3 is 1. The van der Waals surface area contributed by atoms with Crippen LogP contribution in [0.15, 0.2) is 29.6 Å². The van der Waals surface area contributed by atoms with Crippen molar-refractivity contribution in [2.24, 2.45) is 0 Å². The van der Waals surface area contributed by atoms with Gasteiger partial charge in [-0.05, 0) is 23.6 Å². The zero-order valence-corrected chi connectivity index (χ0v) is 14.4. The zero-order chi connectivity index (χ0) is 16.4. The summed E-state index contributed by atoms with van der Waals surface area (Å²) in [6, 6.07) is 7.32. The summed E-state index contributed by atoms with van der Waals surface area (Å²) >= 11 is 7.77. The first kappa shape index (κ1) is 16.0. The van der Waals surface area contributed by atoms with Crippen molar-refractivity contribution in [2.45, 2.75) is 0 Å². The standard InChI is InChI=1S/C16H18ClN3O2S/c1-22-14-10-13(18)12(17)9-11(14)16(21)20-6-4-19(5-7-20)15-3-2-8-23-15/h2-3,8-10H,4-7,18H2,1H3. The Kier molecular flexibility index (Phi) is 4.63. The van der Waals surface area contributed by atoms with E-state index in [-0.39, 0.29) is 5.91 Å². The molecule has 7 heteroatoms. The summed E-state index contributed by atoms with van der Waals surface area (Å²) in [5.41, 5.74) is 6.63. The summed E-state index contributed by atoms with van der Waals surface area (Å²) in [4.78, 5) is 16.9. The van der Waals surface area contributed by atoms with E-state index in [0.29, 0.717) is 35.1 Å². The van der Waals surface area contributed by atoms with E-state index in [4.69, 9.17) is 22.1 Å². The molecule has 1 fully saturated rings. The van der Waals surface area contributed by atoms with Gasteiger partial charge in [0.25, 0.3) is 5.91 Å². The number of nitrogen functional groups attached to an aromatic ring is 1. The van der Waals surface area contributed by atoms with Crippen LogP contribution in [0.4, 0.5) is 10.7 Å². The number of thiophene rings is 1. The van der Waals surface area contributed by atoms with Crippen molar-refractivity contribution in [2.75, 3.05) is 43.9 Å². The second kappa shape index (κ2) is 6.68. The van der Waals surface area contributed by atoms with Crippen molar-refractivity contribution >= 4 is 39.5 Å². The number of rotatable bonds is 3. The van der Waals surface area contributed by atoms with E-state index < -0.39 is 0 Å². The maximum atomic E-state index is 12.8. The Labute approximate surface area is 144 Å². The molecule has 1 aromatic heterocycles. The van der Waals surface area contributed by atoms with Crippen LogP contribution in [0.2, 0.25) is 5.02 Å². The highest BCUT2D eigenvalue weighted by atomic mass is 35.5. The minimum atomic E-state index is -0.0745. The highest BCUT2D eigenvalue weighted by Gasteiger charge is 2.25. The summed E-state index contributed by atoms with van der Waals surface area (Å²) in [6.07, 6.45) is 0. The topological polar surface area (TPSA) is 58.8 Å². The molecule has 0 bridgehead atoms. The third-order valence-corrected chi connectivity index (χ3v) is 5.19. The van der Waals surface area contributed by atoms with E-state index in [1.54, 1.807) is 23.5 Å². The quantitative estimate of drug-likeness (QED) is 0.864. The highest BCUT2D eigenvalue weighted by Crippen LogP contribution is 2.30. The van der Waals surface area contributed by atoms with Crippen LogP contribution in [-0.4, -0.2) is 44.1 Å². The molecular weight excluding hydrogens is 334 g/mol. The number of ether oxygens (including phenoxy) is 1. The second-order valence-corrected chi connectivity index (χ2v) is 6.64.